The number of aromatic nitrogens is 2. The number of carbonyl (C=O) groups excluding carboxylic acids is 1. The van der Waals surface area contributed by atoms with E-state index in [9.17, 15) is 4.79 Å². The largest absolute Gasteiger partial charge is 0.319 e. The van der Waals surface area contributed by atoms with Gasteiger partial charge in [-0.3, -0.25) is 4.79 Å². The molecule has 0 saturated carbocycles. The number of carbonyl (C=O) groups is 1. The highest BCUT2D eigenvalue weighted by Gasteiger charge is 2.13. The van der Waals surface area contributed by atoms with Crippen LogP contribution in [0.1, 0.15) is 20.9 Å². The number of nitrogens with zero attached hydrogens (tertiary/aromatic N) is 2. The minimum Gasteiger partial charge on any atom is -0.319 e. The number of pyridine rings is 1. The number of thiazole rings is 1. The van der Waals surface area contributed by atoms with Crippen molar-refractivity contribution in [3.8, 4) is 0 Å². The standard InChI is InChI=1S/C11H10ClN3OS/c1-6-3-8(10(12)13-4-6)15-11(16)9-7(2)14-5-17-9/h3-5H,1-2H3,(H,15,16). The van der Waals surface area contributed by atoms with E-state index in [0.717, 1.165) is 5.56 Å². The maximum absolute atomic E-state index is 11.9. The molecule has 0 spiro atoms. The number of hydrogen-bond acceptors (Lipinski definition) is 4. The van der Waals surface area contributed by atoms with Crippen LogP contribution in [-0.4, -0.2) is 15.9 Å². The molecule has 0 saturated heterocycles. The van der Waals surface area contributed by atoms with Gasteiger partial charge in [0, 0.05) is 6.20 Å². The van der Waals surface area contributed by atoms with Crippen molar-refractivity contribution in [2.75, 3.05) is 5.32 Å². The van der Waals surface area contributed by atoms with Gasteiger partial charge in [-0.25, -0.2) is 9.97 Å². The van der Waals surface area contributed by atoms with Crippen molar-refractivity contribution in [3.63, 3.8) is 0 Å². The summed E-state index contributed by atoms with van der Waals surface area (Å²) in [7, 11) is 0. The summed E-state index contributed by atoms with van der Waals surface area (Å²) in [6.07, 6.45) is 1.65. The van der Waals surface area contributed by atoms with Gasteiger partial charge in [-0.05, 0) is 25.5 Å². The van der Waals surface area contributed by atoms with Gasteiger partial charge in [-0.15, -0.1) is 11.3 Å². The van der Waals surface area contributed by atoms with E-state index in [1.165, 1.54) is 11.3 Å². The van der Waals surface area contributed by atoms with Crippen LogP contribution >= 0.6 is 22.9 Å². The lowest BCUT2D eigenvalue weighted by molar-refractivity contribution is 0.103. The van der Waals surface area contributed by atoms with Crippen LogP contribution in [0.5, 0.6) is 0 Å². The first kappa shape index (κ1) is 12.0. The Labute approximate surface area is 108 Å². The molecular weight excluding hydrogens is 258 g/mol. The third-order valence-corrected chi connectivity index (χ3v) is 3.40. The molecule has 0 atom stereocenters. The summed E-state index contributed by atoms with van der Waals surface area (Å²) < 4.78 is 0. The lowest BCUT2D eigenvalue weighted by Gasteiger charge is -2.06. The molecule has 0 fully saturated rings. The molecule has 2 aromatic rings. The van der Waals surface area contributed by atoms with Gasteiger partial charge in [-0.1, -0.05) is 11.6 Å². The summed E-state index contributed by atoms with van der Waals surface area (Å²) in [5.41, 5.74) is 3.81. The molecule has 88 valence electrons. The number of nitrogens with one attached hydrogen (secondary N) is 1. The van der Waals surface area contributed by atoms with E-state index in [-0.39, 0.29) is 11.1 Å². The van der Waals surface area contributed by atoms with E-state index >= 15 is 0 Å². The molecule has 0 bridgehead atoms. The summed E-state index contributed by atoms with van der Waals surface area (Å²) in [5, 5.41) is 3.01. The summed E-state index contributed by atoms with van der Waals surface area (Å²) in [4.78, 5) is 20.5. The first-order chi connectivity index (χ1) is 8.08. The molecule has 0 aliphatic heterocycles. The van der Waals surface area contributed by atoms with Gasteiger partial charge in [0.15, 0.2) is 5.15 Å². The molecule has 1 N–H and O–H groups in total. The van der Waals surface area contributed by atoms with Gasteiger partial charge in [0.05, 0.1) is 16.9 Å². The summed E-state index contributed by atoms with van der Waals surface area (Å²) >= 11 is 7.20. The first-order valence-electron chi connectivity index (χ1n) is 4.91. The predicted molar refractivity (Wildman–Crippen MR) is 68.8 cm³/mol. The van der Waals surface area contributed by atoms with Crippen molar-refractivity contribution < 1.29 is 4.79 Å². The fourth-order valence-electron chi connectivity index (χ4n) is 1.34. The topological polar surface area (TPSA) is 54.9 Å². The fraction of sp³-hybridized carbons (Fsp3) is 0.182. The zero-order valence-electron chi connectivity index (χ0n) is 9.32. The Bertz CT molecular complexity index is 568. The van der Waals surface area contributed by atoms with E-state index in [1.54, 1.807) is 24.7 Å². The van der Waals surface area contributed by atoms with Crippen LogP contribution in [0.4, 0.5) is 5.69 Å². The average molecular weight is 268 g/mol. The molecule has 2 heterocycles. The molecule has 17 heavy (non-hydrogen) atoms. The van der Waals surface area contributed by atoms with Crippen molar-refractivity contribution in [2.45, 2.75) is 13.8 Å². The maximum Gasteiger partial charge on any atom is 0.267 e. The highest BCUT2D eigenvalue weighted by atomic mass is 35.5. The molecule has 0 radical (unpaired) electrons. The molecule has 0 unspecified atom stereocenters. The fourth-order valence-corrected chi connectivity index (χ4v) is 2.19. The Morgan fingerprint density at radius 1 is 1.41 bits per heavy atom. The molecule has 2 aromatic heterocycles. The van der Waals surface area contributed by atoms with Gasteiger partial charge in [-0.2, -0.15) is 0 Å². The first-order valence-corrected chi connectivity index (χ1v) is 6.17. The van der Waals surface area contributed by atoms with Gasteiger partial charge < -0.3 is 5.32 Å². The minimum atomic E-state index is -0.209. The van der Waals surface area contributed by atoms with E-state index in [2.05, 4.69) is 15.3 Å². The lowest BCUT2D eigenvalue weighted by Crippen LogP contribution is -2.12. The summed E-state index contributed by atoms with van der Waals surface area (Å²) in [6.45, 7) is 3.68. The van der Waals surface area contributed by atoms with Crippen LogP contribution in [0, 0.1) is 13.8 Å². The lowest BCUT2D eigenvalue weighted by atomic mass is 10.3. The Kier molecular flexibility index (Phi) is 3.40. The van der Waals surface area contributed by atoms with Crippen molar-refractivity contribution >= 4 is 34.5 Å². The number of halogens is 1. The van der Waals surface area contributed by atoms with E-state index in [4.69, 9.17) is 11.6 Å². The van der Waals surface area contributed by atoms with Crippen molar-refractivity contribution in [1.82, 2.24) is 9.97 Å². The quantitative estimate of drug-likeness (QED) is 0.851. The molecule has 0 aromatic carbocycles. The van der Waals surface area contributed by atoms with Gasteiger partial charge >= 0.3 is 0 Å². The van der Waals surface area contributed by atoms with Crippen LogP contribution < -0.4 is 5.32 Å². The Morgan fingerprint density at radius 2 is 2.18 bits per heavy atom. The number of hydrogen-bond donors (Lipinski definition) is 1. The molecule has 4 nitrogen and oxygen atoms in total. The number of rotatable bonds is 2. The van der Waals surface area contributed by atoms with E-state index in [0.29, 0.717) is 16.3 Å². The third kappa shape index (κ3) is 2.62. The van der Waals surface area contributed by atoms with Crippen LogP contribution in [0.15, 0.2) is 17.8 Å². The van der Waals surface area contributed by atoms with Crippen LogP contribution in [0.3, 0.4) is 0 Å². The number of aryl methyl sites for hydroxylation is 2. The normalized spacial score (nSPS) is 10.3. The van der Waals surface area contributed by atoms with Crippen molar-refractivity contribution in [1.29, 1.82) is 0 Å². The van der Waals surface area contributed by atoms with Gasteiger partial charge in [0.25, 0.3) is 5.91 Å². The molecule has 0 aliphatic carbocycles. The van der Waals surface area contributed by atoms with Crippen molar-refractivity contribution in [3.05, 3.63) is 39.1 Å². The molecule has 1 amide bonds. The maximum atomic E-state index is 11.9. The Balaban J connectivity index is 2.24. The Morgan fingerprint density at radius 3 is 2.82 bits per heavy atom. The second-order valence-electron chi connectivity index (χ2n) is 3.57. The molecule has 2 rings (SSSR count). The molecular formula is C11H10ClN3OS. The molecule has 6 heteroatoms. The van der Waals surface area contributed by atoms with E-state index in [1.807, 2.05) is 6.92 Å². The smallest absolute Gasteiger partial charge is 0.267 e. The minimum absolute atomic E-state index is 0.209. The number of anilines is 1. The molecule has 0 aliphatic rings. The SMILES string of the molecule is Cc1cnc(Cl)c(NC(=O)c2scnc2C)c1. The highest BCUT2D eigenvalue weighted by molar-refractivity contribution is 7.12. The monoisotopic (exact) mass is 267 g/mol. The van der Waals surface area contributed by atoms with Gasteiger partial charge in [0.1, 0.15) is 4.88 Å². The third-order valence-electron chi connectivity index (χ3n) is 2.18. The average Bonchev–Trinajstić information content (AvgIpc) is 2.70. The Hall–Kier alpha value is -1.46. The zero-order valence-corrected chi connectivity index (χ0v) is 10.9. The second-order valence-corrected chi connectivity index (χ2v) is 4.78. The zero-order chi connectivity index (χ0) is 12.4. The van der Waals surface area contributed by atoms with Gasteiger partial charge in [0.2, 0.25) is 0 Å². The predicted octanol–water partition coefficient (Wildman–Crippen LogP) is 3.06. The van der Waals surface area contributed by atoms with Crippen LogP contribution in [-0.2, 0) is 0 Å². The van der Waals surface area contributed by atoms with Crippen LogP contribution in [0.25, 0.3) is 0 Å². The summed E-state index contributed by atoms with van der Waals surface area (Å²) in [6, 6.07) is 1.78. The van der Waals surface area contributed by atoms with E-state index < -0.39 is 0 Å². The highest BCUT2D eigenvalue weighted by Crippen LogP contribution is 2.22. The number of amides is 1. The second kappa shape index (κ2) is 4.81. The van der Waals surface area contributed by atoms with Crippen LogP contribution in [0.2, 0.25) is 5.15 Å². The summed E-state index contributed by atoms with van der Waals surface area (Å²) in [5.74, 6) is -0.209. The van der Waals surface area contributed by atoms with Crippen molar-refractivity contribution in [2.24, 2.45) is 0 Å².